The van der Waals surface area contributed by atoms with Gasteiger partial charge in [0.05, 0.1) is 5.52 Å². The molecule has 1 heterocycles. The molecule has 0 saturated carbocycles. The lowest BCUT2D eigenvalue weighted by Crippen LogP contribution is -2.18. The predicted molar refractivity (Wildman–Crippen MR) is 72.2 cm³/mol. The highest BCUT2D eigenvalue weighted by molar-refractivity contribution is 5.83. The summed E-state index contributed by atoms with van der Waals surface area (Å²) in [6, 6.07) is 9.18. The van der Waals surface area contributed by atoms with Crippen LogP contribution in [0.2, 0.25) is 0 Å². The van der Waals surface area contributed by atoms with Crippen LogP contribution in [0.3, 0.4) is 0 Å². The highest BCUT2D eigenvalue weighted by atomic mass is 16.1. The van der Waals surface area contributed by atoms with Crippen LogP contribution in [0.1, 0.15) is 25.3 Å². The first-order valence-corrected chi connectivity index (χ1v) is 6.01. The van der Waals surface area contributed by atoms with Gasteiger partial charge in [-0.05, 0) is 18.6 Å². The summed E-state index contributed by atoms with van der Waals surface area (Å²) in [4.78, 5) is 12.1. The third-order valence-electron chi connectivity index (χ3n) is 3.06. The number of nitrogens with two attached hydrogens (primary N) is 1. The average Bonchev–Trinajstić information content (AvgIpc) is 2.39. The quantitative estimate of drug-likeness (QED) is 0.895. The van der Waals surface area contributed by atoms with Crippen molar-refractivity contribution in [2.75, 3.05) is 5.73 Å². The Labute approximate surface area is 105 Å². The Balaban J connectivity index is 2.82. The van der Waals surface area contributed by atoms with Gasteiger partial charge in [0, 0.05) is 11.9 Å². The summed E-state index contributed by atoms with van der Waals surface area (Å²) in [5, 5.41) is 9.62. The van der Waals surface area contributed by atoms with E-state index >= 15 is 0 Å². The van der Waals surface area contributed by atoms with E-state index in [1.54, 1.807) is 12.1 Å². The summed E-state index contributed by atoms with van der Waals surface area (Å²) < 4.78 is 1.86. The Morgan fingerprint density at radius 3 is 2.78 bits per heavy atom. The van der Waals surface area contributed by atoms with Crippen LogP contribution in [0.5, 0.6) is 0 Å². The van der Waals surface area contributed by atoms with E-state index in [1.165, 1.54) is 0 Å². The lowest BCUT2D eigenvalue weighted by atomic mass is 10.1. The lowest BCUT2D eigenvalue weighted by molar-refractivity contribution is 0.652. The summed E-state index contributed by atoms with van der Waals surface area (Å²) in [5.74, 6) is 0.273. The summed E-state index contributed by atoms with van der Waals surface area (Å²) in [5.41, 5.74) is 6.51. The molecule has 0 bridgehead atoms. The number of aromatic nitrogens is 1. The number of nitriles is 1. The number of nitrogens with zero attached hydrogens (tertiary/aromatic N) is 2. The Hall–Kier alpha value is -2.28. The van der Waals surface area contributed by atoms with Crippen molar-refractivity contribution < 1.29 is 0 Å². The van der Waals surface area contributed by atoms with E-state index in [0.717, 1.165) is 24.9 Å². The van der Waals surface area contributed by atoms with E-state index < -0.39 is 0 Å². The van der Waals surface area contributed by atoms with E-state index in [9.17, 15) is 4.79 Å². The van der Waals surface area contributed by atoms with Crippen molar-refractivity contribution in [3.8, 4) is 6.07 Å². The molecule has 2 aromatic rings. The molecule has 0 spiro atoms. The molecule has 0 radical (unpaired) electrons. The van der Waals surface area contributed by atoms with Crippen molar-refractivity contribution in [3.05, 3.63) is 40.1 Å². The van der Waals surface area contributed by atoms with Crippen LogP contribution in [0.25, 0.3) is 10.9 Å². The lowest BCUT2D eigenvalue weighted by Gasteiger charge is -2.14. The molecule has 18 heavy (non-hydrogen) atoms. The minimum Gasteiger partial charge on any atom is -0.384 e. The molecule has 4 heteroatoms. The molecule has 2 rings (SSSR count). The molecule has 0 aliphatic heterocycles. The molecule has 0 amide bonds. The van der Waals surface area contributed by atoms with Crippen molar-refractivity contribution in [3.63, 3.8) is 0 Å². The smallest absolute Gasteiger partial charge is 0.209 e. The summed E-state index contributed by atoms with van der Waals surface area (Å²) in [6.45, 7) is 2.81. The molecule has 92 valence electrons. The van der Waals surface area contributed by atoms with Gasteiger partial charge in [-0.25, -0.2) is 0 Å². The molecule has 0 fully saturated rings. The Morgan fingerprint density at radius 2 is 2.11 bits per heavy atom. The van der Waals surface area contributed by atoms with Crippen molar-refractivity contribution >= 4 is 16.7 Å². The first kappa shape index (κ1) is 12.2. The van der Waals surface area contributed by atoms with Crippen LogP contribution >= 0.6 is 0 Å². The molecule has 1 aromatic heterocycles. The molecule has 4 nitrogen and oxygen atoms in total. The molecule has 0 saturated heterocycles. The van der Waals surface area contributed by atoms with Crippen molar-refractivity contribution in [2.24, 2.45) is 0 Å². The van der Waals surface area contributed by atoms with Crippen molar-refractivity contribution in [2.45, 2.75) is 26.3 Å². The SMILES string of the molecule is CCCCn1c(N)c(C#N)c(=O)c2ccccc21. The highest BCUT2D eigenvalue weighted by Crippen LogP contribution is 2.18. The number of fused-ring (bicyclic) bond motifs is 1. The summed E-state index contributed by atoms with van der Waals surface area (Å²) in [7, 11) is 0. The standard InChI is InChI=1S/C14H15N3O/c1-2-3-8-17-12-7-5-4-6-10(12)13(18)11(9-15)14(17)16/h4-7H,2-3,8,16H2,1H3. The Kier molecular flexibility index (Phi) is 3.33. The maximum atomic E-state index is 12.1. The van der Waals surface area contributed by atoms with Crippen LogP contribution in [-0.4, -0.2) is 4.57 Å². The number of para-hydroxylation sites is 1. The van der Waals surface area contributed by atoms with Gasteiger partial charge in [0.2, 0.25) is 5.43 Å². The van der Waals surface area contributed by atoms with Crippen molar-refractivity contribution in [1.82, 2.24) is 4.57 Å². The maximum absolute atomic E-state index is 12.1. The van der Waals surface area contributed by atoms with Crippen LogP contribution in [-0.2, 0) is 6.54 Å². The van der Waals surface area contributed by atoms with Gasteiger partial charge < -0.3 is 10.3 Å². The number of hydrogen-bond donors (Lipinski definition) is 1. The van der Waals surface area contributed by atoms with E-state index in [1.807, 2.05) is 22.8 Å². The van der Waals surface area contributed by atoms with Crippen LogP contribution in [0, 0.1) is 11.3 Å². The zero-order valence-corrected chi connectivity index (χ0v) is 10.3. The number of nitrogen functional groups attached to an aromatic ring is 1. The first-order valence-electron chi connectivity index (χ1n) is 6.01. The minimum atomic E-state index is -0.279. The minimum absolute atomic E-state index is 0.0461. The second kappa shape index (κ2) is 4.92. The third kappa shape index (κ3) is 1.84. The van der Waals surface area contributed by atoms with Crippen LogP contribution in [0.4, 0.5) is 5.82 Å². The second-order valence-corrected chi connectivity index (χ2v) is 4.22. The fourth-order valence-electron chi connectivity index (χ4n) is 2.08. The second-order valence-electron chi connectivity index (χ2n) is 4.22. The number of anilines is 1. The number of unbranched alkanes of at least 4 members (excludes halogenated alkanes) is 1. The van der Waals surface area contributed by atoms with Gasteiger partial charge in [0.1, 0.15) is 17.5 Å². The average molecular weight is 241 g/mol. The van der Waals surface area contributed by atoms with E-state index in [4.69, 9.17) is 11.0 Å². The van der Waals surface area contributed by atoms with Gasteiger partial charge in [0.15, 0.2) is 0 Å². The van der Waals surface area contributed by atoms with Crippen LogP contribution in [0.15, 0.2) is 29.1 Å². The van der Waals surface area contributed by atoms with Crippen LogP contribution < -0.4 is 11.2 Å². The zero-order chi connectivity index (χ0) is 13.1. The maximum Gasteiger partial charge on any atom is 0.209 e. The fraction of sp³-hybridized carbons (Fsp3) is 0.286. The topological polar surface area (TPSA) is 71.8 Å². The number of rotatable bonds is 3. The fourth-order valence-corrected chi connectivity index (χ4v) is 2.08. The zero-order valence-electron chi connectivity index (χ0n) is 10.3. The molecule has 0 aliphatic rings. The molecule has 1 aromatic carbocycles. The number of aryl methyl sites for hydroxylation is 1. The largest absolute Gasteiger partial charge is 0.384 e. The van der Waals surface area contributed by atoms with E-state index in [2.05, 4.69) is 6.92 Å². The van der Waals surface area contributed by atoms with Gasteiger partial charge >= 0.3 is 0 Å². The van der Waals surface area contributed by atoms with Gasteiger partial charge in [-0.2, -0.15) is 5.26 Å². The van der Waals surface area contributed by atoms with Crippen molar-refractivity contribution in [1.29, 1.82) is 5.26 Å². The van der Waals surface area contributed by atoms with E-state index in [0.29, 0.717) is 5.39 Å². The molecular weight excluding hydrogens is 226 g/mol. The first-order chi connectivity index (χ1) is 8.70. The monoisotopic (exact) mass is 241 g/mol. The summed E-state index contributed by atoms with van der Waals surface area (Å²) in [6.07, 6.45) is 1.99. The number of pyridine rings is 1. The van der Waals surface area contributed by atoms with Gasteiger partial charge in [-0.15, -0.1) is 0 Å². The van der Waals surface area contributed by atoms with Gasteiger partial charge in [-0.1, -0.05) is 25.5 Å². The van der Waals surface area contributed by atoms with Gasteiger partial charge in [0.25, 0.3) is 0 Å². The highest BCUT2D eigenvalue weighted by Gasteiger charge is 2.13. The molecule has 0 atom stereocenters. The molecule has 2 N–H and O–H groups in total. The number of hydrogen-bond acceptors (Lipinski definition) is 3. The van der Waals surface area contributed by atoms with Gasteiger partial charge in [-0.3, -0.25) is 4.79 Å². The van der Waals surface area contributed by atoms with E-state index in [-0.39, 0.29) is 16.8 Å². The molecular formula is C14H15N3O. The third-order valence-corrected chi connectivity index (χ3v) is 3.06. The molecule has 0 unspecified atom stereocenters. The Morgan fingerprint density at radius 1 is 1.39 bits per heavy atom. The molecule has 0 aliphatic carbocycles. The summed E-state index contributed by atoms with van der Waals surface area (Å²) >= 11 is 0. The Bertz CT molecular complexity index is 680. The predicted octanol–water partition coefficient (Wildman–Crippen LogP) is 2.26. The number of benzene rings is 1. The normalized spacial score (nSPS) is 10.4.